The number of aryl methyl sites for hydroxylation is 1. The lowest BCUT2D eigenvalue weighted by Crippen LogP contribution is -2.16. The Morgan fingerprint density at radius 1 is 1.57 bits per heavy atom. The van der Waals surface area contributed by atoms with E-state index in [1.54, 1.807) is 12.4 Å². The second kappa shape index (κ2) is 4.55. The van der Waals surface area contributed by atoms with Crippen molar-refractivity contribution in [1.82, 2.24) is 9.97 Å². The van der Waals surface area contributed by atoms with Crippen LogP contribution in [0.4, 0.5) is 4.79 Å². The molecule has 0 saturated heterocycles. The first-order chi connectivity index (χ1) is 6.59. The summed E-state index contributed by atoms with van der Waals surface area (Å²) in [6, 6.07) is 0. The lowest BCUT2D eigenvalue weighted by atomic mass is 10.1. The van der Waals surface area contributed by atoms with Crippen molar-refractivity contribution in [3.8, 4) is 0 Å². The molecule has 0 fully saturated rings. The Kier molecular flexibility index (Phi) is 3.39. The topological polar surface area (TPSA) is 78.1 Å². The van der Waals surface area contributed by atoms with E-state index in [0.29, 0.717) is 0 Å². The van der Waals surface area contributed by atoms with Crippen LogP contribution in [0, 0.1) is 6.92 Å². The van der Waals surface area contributed by atoms with E-state index in [9.17, 15) is 4.79 Å². The molecule has 1 aromatic heterocycles. The summed E-state index contributed by atoms with van der Waals surface area (Å²) in [5.74, 6) is 0.778. The highest BCUT2D eigenvalue weighted by Gasteiger charge is 2.08. The number of aromatic nitrogens is 2. The Balaban J connectivity index is 2.56. The second-order valence-corrected chi connectivity index (χ2v) is 3.09. The summed E-state index contributed by atoms with van der Waals surface area (Å²) >= 11 is 0. The minimum absolute atomic E-state index is 0.0584. The molecule has 0 radical (unpaired) electrons. The summed E-state index contributed by atoms with van der Waals surface area (Å²) < 4.78 is 4.67. The molecule has 1 atom stereocenters. The minimum Gasteiger partial charge on any atom is -0.449 e. The molecule has 0 aromatic carbocycles. The van der Waals surface area contributed by atoms with Crippen LogP contribution >= 0.6 is 0 Å². The summed E-state index contributed by atoms with van der Waals surface area (Å²) in [5, 5.41) is 0. The zero-order valence-electron chi connectivity index (χ0n) is 8.23. The van der Waals surface area contributed by atoms with Crippen molar-refractivity contribution in [1.29, 1.82) is 0 Å². The van der Waals surface area contributed by atoms with Crippen LogP contribution in [0.5, 0.6) is 0 Å². The normalized spacial score (nSPS) is 12.1. The molecule has 76 valence electrons. The van der Waals surface area contributed by atoms with Gasteiger partial charge in [0.05, 0.1) is 6.61 Å². The number of carbonyl (C=O) groups excluding carboxylic acids is 1. The molecule has 1 unspecified atom stereocenters. The van der Waals surface area contributed by atoms with Gasteiger partial charge in [0.25, 0.3) is 0 Å². The van der Waals surface area contributed by atoms with Gasteiger partial charge in [0.1, 0.15) is 5.82 Å². The summed E-state index contributed by atoms with van der Waals surface area (Å²) in [6.45, 7) is 3.98. The summed E-state index contributed by atoms with van der Waals surface area (Å²) in [5.41, 5.74) is 5.78. The maximum Gasteiger partial charge on any atom is 0.404 e. The van der Waals surface area contributed by atoms with Crippen LogP contribution in [0.3, 0.4) is 0 Å². The van der Waals surface area contributed by atoms with E-state index in [0.717, 1.165) is 11.4 Å². The highest BCUT2D eigenvalue weighted by molar-refractivity contribution is 5.64. The fourth-order valence-electron chi connectivity index (χ4n) is 0.960. The molecule has 5 heteroatoms. The largest absolute Gasteiger partial charge is 0.449 e. The average Bonchev–Trinajstić information content (AvgIpc) is 2.15. The van der Waals surface area contributed by atoms with Crippen LogP contribution in [0.2, 0.25) is 0 Å². The first kappa shape index (κ1) is 10.4. The minimum atomic E-state index is -0.759. The molecule has 1 heterocycles. The van der Waals surface area contributed by atoms with Crippen LogP contribution in [-0.2, 0) is 4.74 Å². The van der Waals surface area contributed by atoms with E-state index >= 15 is 0 Å². The van der Waals surface area contributed by atoms with Crippen molar-refractivity contribution >= 4 is 6.09 Å². The van der Waals surface area contributed by atoms with Crippen LogP contribution in [0.15, 0.2) is 12.4 Å². The number of hydrogen-bond acceptors (Lipinski definition) is 4. The smallest absolute Gasteiger partial charge is 0.404 e. The number of primary amides is 1. The third-order valence-electron chi connectivity index (χ3n) is 1.85. The molecular weight excluding hydrogens is 182 g/mol. The second-order valence-electron chi connectivity index (χ2n) is 3.09. The van der Waals surface area contributed by atoms with Gasteiger partial charge in [-0.2, -0.15) is 0 Å². The molecule has 0 aliphatic carbocycles. The van der Waals surface area contributed by atoms with E-state index in [1.165, 1.54) is 0 Å². The number of rotatable bonds is 3. The third kappa shape index (κ3) is 3.01. The molecule has 2 N–H and O–H groups in total. The third-order valence-corrected chi connectivity index (χ3v) is 1.85. The Morgan fingerprint density at radius 3 is 2.64 bits per heavy atom. The molecule has 0 aliphatic rings. The van der Waals surface area contributed by atoms with Crippen LogP contribution in [-0.4, -0.2) is 22.7 Å². The van der Waals surface area contributed by atoms with Crippen molar-refractivity contribution in [2.75, 3.05) is 6.61 Å². The molecule has 0 bridgehead atoms. The monoisotopic (exact) mass is 195 g/mol. The molecular formula is C9H13N3O2. The Bertz CT molecular complexity index is 310. The van der Waals surface area contributed by atoms with E-state index in [2.05, 4.69) is 14.7 Å². The maximum absolute atomic E-state index is 10.4. The van der Waals surface area contributed by atoms with Crippen molar-refractivity contribution < 1.29 is 9.53 Å². The average molecular weight is 195 g/mol. The molecule has 1 aromatic rings. The van der Waals surface area contributed by atoms with Gasteiger partial charge < -0.3 is 10.5 Å². The van der Waals surface area contributed by atoms with Gasteiger partial charge in [-0.25, -0.2) is 14.8 Å². The number of carbonyl (C=O) groups is 1. The van der Waals surface area contributed by atoms with Gasteiger partial charge in [0.2, 0.25) is 0 Å². The lowest BCUT2D eigenvalue weighted by molar-refractivity contribution is 0.151. The van der Waals surface area contributed by atoms with E-state index < -0.39 is 6.09 Å². The lowest BCUT2D eigenvalue weighted by Gasteiger charge is -2.10. The standard InChI is InChI=1S/C9H13N3O2/c1-6(5-14-9(10)13)8-3-11-7(2)12-4-8/h3-4,6H,5H2,1-2H3,(H2,10,13). The number of ether oxygens (including phenoxy) is 1. The maximum atomic E-state index is 10.4. The van der Waals surface area contributed by atoms with Gasteiger partial charge in [-0.3, -0.25) is 0 Å². The van der Waals surface area contributed by atoms with Gasteiger partial charge in [-0.15, -0.1) is 0 Å². The van der Waals surface area contributed by atoms with Crippen molar-refractivity contribution in [3.05, 3.63) is 23.8 Å². The van der Waals surface area contributed by atoms with Crippen LogP contribution in [0.25, 0.3) is 0 Å². The summed E-state index contributed by atoms with van der Waals surface area (Å²) in [7, 11) is 0. The Labute approximate surface area is 82.3 Å². The highest BCUT2D eigenvalue weighted by Crippen LogP contribution is 2.12. The van der Waals surface area contributed by atoms with Gasteiger partial charge in [-0.05, 0) is 12.5 Å². The molecule has 0 spiro atoms. The summed E-state index contributed by atoms with van der Waals surface area (Å²) in [4.78, 5) is 18.4. The quantitative estimate of drug-likeness (QED) is 0.779. The number of hydrogen-bond donors (Lipinski definition) is 1. The highest BCUT2D eigenvalue weighted by atomic mass is 16.5. The Morgan fingerprint density at radius 2 is 2.14 bits per heavy atom. The van der Waals surface area contributed by atoms with Gasteiger partial charge >= 0.3 is 6.09 Å². The van der Waals surface area contributed by atoms with Gasteiger partial charge in [-0.1, -0.05) is 6.92 Å². The van der Waals surface area contributed by atoms with Crippen LogP contribution < -0.4 is 5.73 Å². The fourth-order valence-corrected chi connectivity index (χ4v) is 0.960. The predicted molar refractivity (Wildman–Crippen MR) is 50.7 cm³/mol. The molecule has 5 nitrogen and oxygen atoms in total. The van der Waals surface area contributed by atoms with Gasteiger partial charge in [0, 0.05) is 18.3 Å². The van der Waals surface area contributed by atoms with Crippen LogP contribution in [0.1, 0.15) is 24.2 Å². The summed E-state index contributed by atoms with van der Waals surface area (Å²) in [6.07, 6.45) is 2.68. The predicted octanol–water partition coefficient (Wildman–Crippen LogP) is 0.984. The van der Waals surface area contributed by atoms with Crippen molar-refractivity contribution in [3.63, 3.8) is 0 Å². The first-order valence-electron chi connectivity index (χ1n) is 4.30. The molecule has 0 saturated carbocycles. The van der Waals surface area contributed by atoms with E-state index in [-0.39, 0.29) is 12.5 Å². The Hall–Kier alpha value is -1.65. The fraction of sp³-hybridized carbons (Fsp3) is 0.444. The SMILES string of the molecule is Cc1ncc(C(C)COC(N)=O)cn1. The molecule has 0 aliphatic heterocycles. The van der Waals surface area contributed by atoms with Crippen molar-refractivity contribution in [2.45, 2.75) is 19.8 Å². The molecule has 1 amide bonds. The first-order valence-corrected chi connectivity index (χ1v) is 4.30. The number of amides is 1. The molecule has 1 rings (SSSR count). The zero-order valence-corrected chi connectivity index (χ0v) is 8.23. The number of nitrogens with two attached hydrogens (primary N) is 1. The molecule has 14 heavy (non-hydrogen) atoms. The number of nitrogens with zero attached hydrogens (tertiary/aromatic N) is 2. The zero-order chi connectivity index (χ0) is 10.6. The van der Waals surface area contributed by atoms with Gasteiger partial charge in [0.15, 0.2) is 0 Å². The van der Waals surface area contributed by atoms with Crippen molar-refractivity contribution in [2.24, 2.45) is 5.73 Å². The van der Waals surface area contributed by atoms with E-state index in [4.69, 9.17) is 5.73 Å². The van der Waals surface area contributed by atoms with E-state index in [1.807, 2.05) is 13.8 Å².